The van der Waals surface area contributed by atoms with E-state index in [1.807, 2.05) is 65.0 Å². The van der Waals surface area contributed by atoms with Gasteiger partial charge in [0.1, 0.15) is 5.41 Å². The van der Waals surface area contributed by atoms with Gasteiger partial charge >= 0.3 is 5.97 Å². The highest BCUT2D eigenvalue weighted by Crippen LogP contribution is 2.47. The van der Waals surface area contributed by atoms with Gasteiger partial charge in [0.15, 0.2) is 0 Å². The number of hydrogen-bond donors (Lipinski definition) is 2. The van der Waals surface area contributed by atoms with E-state index < -0.39 is 11.4 Å². The molecule has 0 spiro atoms. The summed E-state index contributed by atoms with van der Waals surface area (Å²) in [5.74, 6) is -0.780. The molecule has 184 valence electrons. The van der Waals surface area contributed by atoms with Crippen molar-refractivity contribution < 1.29 is 9.90 Å². The number of benzene rings is 2. The zero-order chi connectivity index (χ0) is 24.2. The summed E-state index contributed by atoms with van der Waals surface area (Å²) in [7, 11) is 0. The van der Waals surface area contributed by atoms with E-state index in [9.17, 15) is 9.90 Å². The number of anilines is 1. The van der Waals surface area contributed by atoms with E-state index >= 15 is 0 Å². The van der Waals surface area contributed by atoms with Crippen molar-refractivity contribution in [3.8, 4) is 0 Å². The van der Waals surface area contributed by atoms with Crippen molar-refractivity contribution in [2.24, 2.45) is 0 Å². The number of carbonyl (C=O) groups is 1. The van der Waals surface area contributed by atoms with Gasteiger partial charge in [0.2, 0.25) is 0 Å². The number of nitrogens with zero attached hydrogens (tertiary/aromatic N) is 1. The first-order valence-corrected chi connectivity index (χ1v) is 13.6. The number of carboxylic acid groups (broad SMARTS) is 1. The number of unbranched alkanes of at least 4 members (excludes halogenated alkanes) is 11. The Bertz CT molecular complexity index is 926. The predicted octanol–water partition coefficient (Wildman–Crippen LogP) is 8.81. The molecule has 1 atom stereocenters. The summed E-state index contributed by atoms with van der Waals surface area (Å²) in [5, 5.41) is 10.5. The van der Waals surface area contributed by atoms with Crippen LogP contribution in [-0.4, -0.2) is 11.1 Å². The van der Waals surface area contributed by atoms with E-state index in [-0.39, 0.29) is 0 Å². The lowest BCUT2D eigenvalue weighted by Crippen LogP contribution is -2.39. The third-order valence-corrected chi connectivity index (χ3v) is 7.53. The average Bonchev–Trinajstić information content (AvgIpc) is 2.86. The Kier molecular flexibility index (Phi) is 10.6. The first-order chi connectivity index (χ1) is 16.6. The summed E-state index contributed by atoms with van der Waals surface area (Å²) in [5.41, 5.74) is 2.48. The summed E-state index contributed by atoms with van der Waals surface area (Å²) in [4.78, 5) is 12.8. The Labute approximate surface area is 211 Å². The van der Waals surface area contributed by atoms with E-state index in [2.05, 4.69) is 6.92 Å². The molecule has 0 aromatic heterocycles. The van der Waals surface area contributed by atoms with Crippen molar-refractivity contribution in [3.63, 3.8) is 0 Å². The third-order valence-electron chi connectivity index (χ3n) is 7.10. The third kappa shape index (κ3) is 6.69. The van der Waals surface area contributed by atoms with E-state index in [1.165, 1.54) is 64.2 Å². The lowest BCUT2D eigenvalue weighted by molar-refractivity contribution is -0.142. The maximum Gasteiger partial charge on any atom is 0.318 e. The summed E-state index contributed by atoms with van der Waals surface area (Å²) in [6.45, 7) is 2.26. The Hall–Kier alpha value is -2.20. The fraction of sp³-hybridized carbons (Fsp3) is 0.500. The monoisotopic (exact) mass is 479 g/mol. The maximum atomic E-state index is 12.8. The van der Waals surface area contributed by atoms with Gasteiger partial charge in [-0.1, -0.05) is 145 Å². The van der Waals surface area contributed by atoms with Gasteiger partial charge in [-0.15, -0.1) is 0 Å². The number of carboxylic acids is 1. The molecule has 0 amide bonds. The van der Waals surface area contributed by atoms with E-state index in [4.69, 9.17) is 12.8 Å². The maximum absolute atomic E-state index is 12.8. The number of thiol groups is 1. The minimum absolute atomic E-state index is 0.606. The smallest absolute Gasteiger partial charge is 0.318 e. The van der Waals surface area contributed by atoms with Crippen molar-refractivity contribution >= 4 is 30.2 Å². The molecule has 2 aromatic rings. The van der Waals surface area contributed by atoms with Crippen LogP contribution in [0.4, 0.5) is 5.69 Å². The molecule has 4 heteroatoms. The molecule has 3 nitrogen and oxygen atoms in total. The zero-order valence-electron chi connectivity index (χ0n) is 20.7. The molecule has 0 fully saturated rings. The fourth-order valence-electron chi connectivity index (χ4n) is 5.09. The molecule has 2 aromatic carbocycles. The number of aliphatic carboxylic acids is 1. The van der Waals surface area contributed by atoms with Gasteiger partial charge in [0, 0.05) is 0 Å². The second kappa shape index (κ2) is 13.6. The van der Waals surface area contributed by atoms with Gasteiger partial charge in [-0.05, 0) is 29.7 Å². The minimum atomic E-state index is -1.03. The van der Waals surface area contributed by atoms with E-state index in [0.29, 0.717) is 6.42 Å². The van der Waals surface area contributed by atoms with Crippen LogP contribution in [0, 0.1) is 0 Å². The van der Waals surface area contributed by atoms with Crippen molar-refractivity contribution in [1.29, 1.82) is 0 Å². The van der Waals surface area contributed by atoms with Crippen LogP contribution in [0.1, 0.15) is 102 Å². The second-order valence-electron chi connectivity index (χ2n) is 9.64. The van der Waals surface area contributed by atoms with Crippen molar-refractivity contribution in [2.75, 3.05) is 4.31 Å². The van der Waals surface area contributed by atoms with Crippen LogP contribution in [0.15, 0.2) is 60.7 Å². The van der Waals surface area contributed by atoms with Crippen molar-refractivity contribution in [1.82, 2.24) is 0 Å². The molecule has 0 saturated heterocycles. The molecule has 3 rings (SSSR count). The molecule has 0 radical (unpaired) electrons. The van der Waals surface area contributed by atoms with Gasteiger partial charge in [0.05, 0.1) is 11.4 Å². The van der Waals surface area contributed by atoms with Gasteiger partial charge < -0.3 is 5.11 Å². The average molecular weight is 480 g/mol. The summed E-state index contributed by atoms with van der Waals surface area (Å²) < 4.78 is 1.83. The van der Waals surface area contributed by atoms with Crippen molar-refractivity contribution in [2.45, 2.75) is 95.8 Å². The molecule has 1 N–H and O–H groups in total. The summed E-state index contributed by atoms with van der Waals surface area (Å²) in [6.07, 6.45) is 17.8. The first-order valence-electron chi connectivity index (χ1n) is 13.2. The number of rotatable bonds is 15. The highest BCUT2D eigenvalue weighted by atomic mass is 32.1. The Balaban J connectivity index is 1.59. The largest absolute Gasteiger partial charge is 0.480 e. The molecule has 34 heavy (non-hydrogen) atoms. The van der Waals surface area contributed by atoms with Crippen LogP contribution in [0.2, 0.25) is 0 Å². The highest BCUT2D eigenvalue weighted by Gasteiger charge is 2.44. The molecule has 0 aliphatic carbocycles. The predicted molar refractivity (Wildman–Crippen MR) is 147 cm³/mol. The number of hydrogen-bond acceptors (Lipinski definition) is 3. The summed E-state index contributed by atoms with van der Waals surface area (Å²) >= 11 is 4.75. The van der Waals surface area contributed by atoms with E-state index in [0.717, 1.165) is 35.4 Å². The lowest BCUT2D eigenvalue weighted by Gasteiger charge is -2.38. The highest BCUT2D eigenvalue weighted by molar-refractivity contribution is 7.82. The Morgan fingerprint density at radius 2 is 1.32 bits per heavy atom. The Morgan fingerprint density at radius 3 is 1.91 bits per heavy atom. The van der Waals surface area contributed by atoms with Crippen LogP contribution >= 0.6 is 12.8 Å². The summed E-state index contributed by atoms with van der Waals surface area (Å²) in [6, 6.07) is 17.8. The van der Waals surface area contributed by atoms with Gasteiger partial charge in [-0.2, -0.15) is 0 Å². The van der Waals surface area contributed by atoms with Crippen molar-refractivity contribution in [3.05, 3.63) is 71.8 Å². The normalized spacial score (nSPS) is 17.4. The van der Waals surface area contributed by atoms with Crippen LogP contribution in [0.25, 0.3) is 5.70 Å². The molecule has 1 aliphatic rings. The molecular weight excluding hydrogens is 438 g/mol. The molecule has 1 unspecified atom stereocenters. The fourth-order valence-corrected chi connectivity index (χ4v) is 5.44. The Morgan fingerprint density at radius 1 is 0.794 bits per heavy atom. The number of fused-ring (bicyclic) bond motifs is 1. The topological polar surface area (TPSA) is 40.5 Å². The van der Waals surface area contributed by atoms with Gasteiger partial charge in [-0.25, -0.2) is 0 Å². The molecular formula is C30H41NO2S. The van der Waals surface area contributed by atoms with Crippen LogP contribution in [0.3, 0.4) is 0 Å². The standard InChI is InChI=1S/C30H41NO2S/c1-2-3-4-5-6-7-8-9-10-11-12-18-23-30(29(32)33)24-28(25-19-14-13-15-20-25)31(34)27-22-17-16-21-26(27)30/h13-17,19-22,24,34H,2-12,18,23H2,1H3,(H,32,33). The van der Waals surface area contributed by atoms with Gasteiger partial charge in [-0.3, -0.25) is 9.10 Å². The molecule has 1 heterocycles. The van der Waals surface area contributed by atoms with Crippen LogP contribution < -0.4 is 4.31 Å². The SMILES string of the molecule is CCCCCCCCCCCCCCC1(C(=O)O)C=C(c2ccccc2)N(S)c2ccccc21. The number of para-hydroxylation sites is 1. The van der Waals surface area contributed by atoms with Crippen LogP contribution in [0.5, 0.6) is 0 Å². The molecule has 1 aliphatic heterocycles. The molecule has 0 saturated carbocycles. The lowest BCUT2D eigenvalue weighted by atomic mass is 9.72. The zero-order valence-corrected chi connectivity index (χ0v) is 21.6. The van der Waals surface area contributed by atoms with E-state index in [1.54, 1.807) is 0 Å². The van der Waals surface area contributed by atoms with Gasteiger partial charge in [0.25, 0.3) is 0 Å². The second-order valence-corrected chi connectivity index (χ2v) is 10.0. The molecule has 0 bridgehead atoms. The minimum Gasteiger partial charge on any atom is -0.480 e. The quantitative estimate of drug-likeness (QED) is 0.198. The van der Waals surface area contributed by atoms with Crippen LogP contribution in [-0.2, 0) is 10.2 Å². The first kappa shape index (κ1) is 26.4.